The van der Waals surface area contributed by atoms with Crippen molar-refractivity contribution >= 4 is 5.78 Å². The van der Waals surface area contributed by atoms with Crippen molar-refractivity contribution < 1.29 is 4.79 Å². The van der Waals surface area contributed by atoms with Gasteiger partial charge in [0, 0.05) is 17.5 Å². The molecule has 1 aliphatic rings. The van der Waals surface area contributed by atoms with Crippen molar-refractivity contribution in [2.75, 3.05) is 0 Å². The third-order valence-corrected chi connectivity index (χ3v) is 2.55. The first-order valence-electron chi connectivity index (χ1n) is 5.32. The molecule has 1 aromatic rings. The van der Waals surface area contributed by atoms with Crippen LogP contribution in [0.2, 0.25) is 0 Å². The van der Waals surface area contributed by atoms with Gasteiger partial charge in [0.25, 0.3) is 0 Å². The molecule has 0 saturated heterocycles. The van der Waals surface area contributed by atoms with Gasteiger partial charge in [-0.3, -0.25) is 4.79 Å². The van der Waals surface area contributed by atoms with Crippen LogP contribution in [0.4, 0.5) is 0 Å². The maximum Gasteiger partial charge on any atom is 0.205 e. The summed E-state index contributed by atoms with van der Waals surface area (Å²) in [5, 5.41) is 0. The Kier molecular flexibility index (Phi) is 3.05. The van der Waals surface area contributed by atoms with E-state index in [4.69, 9.17) is 0 Å². The highest BCUT2D eigenvalue weighted by molar-refractivity contribution is 5.96. The molecule has 15 heavy (non-hydrogen) atoms. The van der Waals surface area contributed by atoms with Crippen LogP contribution in [0.1, 0.15) is 36.8 Å². The Labute approximate surface area is 90.5 Å². The van der Waals surface area contributed by atoms with E-state index in [0.717, 1.165) is 36.8 Å². The zero-order valence-electron chi connectivity index (χ0n) is 8.60. The molecule has 1 nitrogen and oxygen atoms in total. The quantitative estimate of drug-likeness (QED) is 0.582. The molecule has 0 amide bonds. The maximum atomic E-state index is 11.3. The Morgan fingerprint density at radius 1 is 1.07 bits per heavy atom. The molecule has 1 heteroatoms. The third kappa shape index (κ3) is 2.61. The van der Waals surface area contributed by atoms with Gasteiger partial charge >= 0.3 is 0 Å². The summed E-state index contributed by atoms with van der Waals surface area (Å²) in [6.07, 6.45) is 4.76. The smallest absolute Gasteiger partial charge is 0.205 e. The van der Waals surface area contributed by atoms with Crippen molar-refractivity contribution in [2.45, 2.75) is 32.1 Å². The van der Waals surface area contributed by atoms with E-state index in [1.54, 1.807) is 6.07 Å². The molecule has 0 aliphatic heterocycles. The Morgan fingerprint density at radius 2 is 1.93 bits per heavy atom. The van der Waals surface area contributed by atoms with E-state index in [1.165, 1.54) is 0 Å². The summed E-state index contributed by atoms with van der Waals surface area (Å²) in [7, 11) is 0. The van der Waals surface area contributed by atoms with Crippen LogP contribution in [0.5, 0.6) is 0 Å². The van der Waals surface area contributed by atoms with Crippen LogP contribution in [0.3, 0.4) is 0 Å². The van der Waals surface area contributed by atoms with E-state index in [9.17, 15) is 4.79 Å². The number of rotatable bonds is 0. The highest BCUT2D eigenvalue weighted by atomic mass is 16.1. The molecule has 0 radical (unpaired) electrons. The molecule has 0 N–H and O–H groups in total. The molecule has 0 aromatic heterocycles. The molecule has 1 aromatic carbocycles. The van der Waals surface area contributed by atoms with Crippen LogP contribution < -0.4 is 0 Å². The van der Waals surface area contributed by atoms with E-state index in [1.807, 2.05) is 6.07 Å². The van der Waals surface area contributed by atoms with E-state index >= 15 is 0 Å². The average molecular weight is 196 g/mol. The van der Waals surface area contributed by atoms with E-state index in [-0.39, 0.29) is 5.78 Å². The lowest BCUT2D eigenvalue weighted by molar-refractivity contribution is -0.113. The number of ketones is 1. The van der Waals surface area contributed by atoms with Crippen LogP contribution in [0.25, 0.3) is 0 Å². The Hall–Kier alpha value is -1.73. The maximum absolute atomic E-state index is 11.3. The molecule has 0 bridgehead atoms. The van der Waals surface area contributed by atoms with Crippen molar-refractivity contribution in [1.29, 1.82) is 0 Å². The SMILES string of the molecule is O=C1C#Cc2ccc#cc2CCCCC1. The zero-order chi connectivity index (χ0) is 10.5. The minimum Gasteiger partial charge on any atom is -0.285 e. The lowest BCUT2D eigenvalue weighted by Crippen LogP contribution is -1.97. The van der Waals surface area contributed by atoms with Gasteiger partial charge in [0.15, 0.2) is 0 Å². The first kappa shape index (κ1) is 9.81. The van der Waals surface area contributed by atoms with Gasteiger partial charge in [0.05, 0.1) is 0 Å². The molecule has 2 rings (SSSR count). The number of hydrogen-bond donors (Lipinski definition) is 0. The fraction of sp³-hybridized carbons (Fsp3) is 0.357. The number of Topliss-reactive ketones (excluding diaryl/α,β-unsaturated/α-hetero) is 1. The summed E-state index contributed by atoms with van der Waals surface area (Å²) in [4.78, 5) is 11.3. The molecular weight excluding hydrogens is 184 g/mol. The molecule has 74 valence electrons. The van der Waals surface area contributed by atoms with Gasteiger partial charge < -0.3 is 0 Å². The standard InChI is InChI=1S/C14H12O/c15-14-9-3-1-2-6-12-7-4-5-8-13(12)10-11-14/h5,8H,1-3,6,9H2. The summed E-state index contributed by atoms with van der Waals surface area (Å²) < 4.78 is 0. The van der Waals surface area contributed by atoms with Crippen molar-refractivity contribution in [3.8, 4) is 11.8 Å². The van der Waals surface area contributed by atoms with Gasteiger partial charge in [-0.05, 0) is 37.3 Å². The summed E-state index contributed by atoms with van der Waals surface area (Å²) in [5.41, 5.74) is 2.03. The van der Waals surface area contributed by atoms with Crippen LogP contribution in [-0.4, -0.2) is 5.78 Å². The third-order valence-electron chi connectivity index (χ3n) is 2.55. The van der Waals surface area contributed by atoms with Crippen molar-refractivity contribution in [1.82, 2.24) is 0 Å². The largest absolute Gasteiger partial charge is 0.285 e. The number of carbonyl (C=O) groups is 1. The highest BCUT2D eigenvalue weighted by Gasteiger charge is 2.03. The number of hydrogen-bond acceptors (Lipinski definition) is 1. The Balaban J connectivity index is 2.33. The van der Waals surface area contributed by atoms with Crippen LogP contribution >= 0.6 is 0 Å². The molecule has 0 unspecified atom stereocenters. The monoisotopic (exact) mass is 196 g/mol. The van der Waals surface area contributed by atoms with Crippen molar-refractivity contribution in [2.24, 2.45) is 0 Å². The minimum absolute atomic E-state index is 0.0516. The summed E-state index contributed by atoms with van der Waals surface area (Å²) in [6, 6.07) is 9.72. The van der Waals surface area contributed by atoms with E-state index < -0.39 is 0 Å². The average Bonchev–Trinajstić information content (AvgIpc) is 2.27. The molecule has 1 aliphatic carbocycles. The molecular formula is C14H12O. The van der Waals surface area contributed by atoms with E-state index in [0.29, 0.717) is 6.42 Å². The second-order valence-electron chi connectivity index (χ2n) is 3.73. The van der Waals surface area contributed by atoms with Crippen LogP contribution in [0.15, 0.2) is 12.1 Å². The first-order chi connectivity index (χ1) is 7.36. The van der Waals surface area contributed by atoms with Gasteiger partial charge in [-0.2, -0.15) is 0 Å². The summed E-state index contributed by atoms with van der Waals surface area (Å²) in [6.45, 7) is 0. The topological polar surface area (TPSA) is 17.1 Å². The van der Waals surface area contributed by atoms with Gasteiger partial charge in [-0.25, -0.2) is 0 Å². The van der Waals surface area contributed by atoms with Crippen molar-refractivity contribution in [3.05, 3.63) is 35.4 Å². The number of fused-ring (bicyclic) bond motifs is 1. The van der Waals surface area contributed by atoms with Crippen molar-refractivity contribution in [3.63, 3.8) is 0 Å². The second-order valence-corrected chi connectivity index (χ2v) is 3.73. The lowest BCUT2D eigenvalue weighted by Gasteiger charge is -2.03. The fourth-order valence-corrected chi connectivity index (χ4v) is 1.70. The first-order valence-corrected chi connectivity index (χ1v) is 5.32. The van der Waals surface area contributed by atoms with Crippen LogP contribution in [0, 0.1) is 24.0 Å². The zero-order valence-corrected chi connectivity index (χ0v) is 8.60. The highest BCUT2D eigenvalue weighted by Crippen LogP contribution is 2.11. The van der Waals surface area contributed by atoms with Gasteiger partial charge in [0.2, 0.25) is 5.78 Å². The van der Waals surface area contributed by atoms with Gasteiger partial charge in [-0.15, -0.1) is 0 Å². The van der Waals surface area contributed by atoms with Crippen LogP contribution in [-0.2, 0) is 11.2 Å². The lowest BCUT2D eigenvalue weighted by atomic mass is 10.0. The fourth-order valence-electron chi connectivity index (χ4n) is 1.70. The predicted molar refractivity (Wildman–Crippen MR) is 58.2 cm³/mol. The predicted octanol–water partition coefficient (Wildman–Crippen LogP) is 2.32. The Morgan fingerprint density at radius 3 is 2.87 bits per heavy atom. The Bertz CT molecular complexity index is 420. The molecule has 0 fully saturated rings. The summed E-state index contributed by atoms with van der Waals surface area (Å²) >= 11 is 0. The number of carbonyl (C=O) groups excluding carboxylic acids is 1. The molecule has 0 spiro atoms. The second kappa shape index (κ2) is 4.67. The summed E-state index contributed by atoms with van der Waals surface area (Å²) in [5.74, 6) is 5.67. The molecule has 0 saturated carbocycles. The minimum atomic E-state index is 0.0516. The van der Waals surface area contributed by atoms with Gasteiger partial charge in [-0.1, -0.05) is 24.5 Å². The molecule has 0 heterocycles. The normalized spacial score (nSPS) is 15.6. The van der Waals surface area contributed by atoms with Gasteiger partial charge in [0.1, 0.15) is 0 Å². The molecule has 0 atom stereocenters. The van der Waals surface area contributed by atoms with E-state index in [2.05, 4.69) is 24.0 Å².